The van der Waals surface area contributed by atoms with Gasteiger partial charge in [-0.25, -0.2) is 4.79 Å². The lowest BCUT2D eigenvalue weighted by molar-refractivity contribution is 0.0697. The third-order valence-electron chi connectivity index (χ3n) is 2.43. The van der Waals surface area contributed by atoms with Crippen molar-refractivity contribution in [3.63, 3.8) is 0 Å². The Kier molecular flexibility index (Phi) is 6.11. The van der Waals surface area contributed by atoms with E-state index in [1.54, 1.807) is 25.3 Å². The average molecular weight is 318 g/mol. The highest BCUT2D eigenvalue weighted by Gasteiger charge is 2.16. The number of aliphatic hydroxyl groups is 1. The van der Waals surface area contributed by atoms with Gasteiger partial charge in [-0.3, -0.25) is 0 Å². The van der Waals surface area contributed by atoms with Gasteiger partial charge in [0.1, 0.15) is 0 Å². The van der Waals surface area contributed by atoms with Gasteiger partial charge >= 0.3 is 5.97 Å². The first kappa shape index (κ1) is 14.9. The summed E-state index contributed by atoms with van der Waals surface area (Å²) in [4.78, 5) is 11.2. The van der Waals surface area contributed by atoms with Crippen LogP contribution in [0.1, 0.15) is 16.8 Å². The third kappa shape index (κ3) is 3.97. The molecule has 0 bridgehead atoms. The van der Waals surface area contributed by atoms with Crippen LogP contribution in [0.4, 0.5) is 5.69 Å². The quantitative estimate of drug-likeness (QED) is 0.716. The van der Waals surface area contributed by atoms with Crippen LogP contribution in [0.3, 0.4) is 0 Å². The number of rotatable bonds is 7. The number of hydrogen-bond acceptors (Lipinski definition) is 4. The molecular formula is C12H16BrNO4. The van der Waals surface area contributed by atoms with Gasteiger partial charge in [-0.05, 0) is 34.5 Å². The van der Waals surface area contributed by atoms with Gasteiger partial charge in [0.2, 0.25) is 0 Å². The van der Waals surface area contributed by atoms with E-state index in [2.05, 4.69) is 21.2 Å². The number of carboxylic acid groups (broad SMARTS) is 1. The van der Waals surface area contributed by atoms with Crippen molar-refractivity contribution < 1.29 is 19.7 Å². The number of aliphatic hydroxyl groups excluding tert-OH is 1. The van der Waals surface area contributed by atoms with Crippen LogP contribution in [0.2, 0.25) is 0 Å². The number of hydrogen-bond donors (Lipinski definition) is 3. The maximum Gasteiger partial charge on any atom is 0.338 e. The number of carboxylic acids is 1. The van der Waals surface area contributed by atoms with Gasteiger partial charge in [0.05, 0.1) is 23.9 Å². The number of aromatic carboxylic acids is 1. The lowest BCUT2D eigenvalue weighted by Crippen LogP contribution is -2.27. The predicted molar refractivity (Wildman–Crippen MR) is 72.1 cm³/mol. The summed E-state index contributed by atoms with van der Waals surface area (Å²) in [6, 6.07) is 4.98. The largest absolute Gasteiger partial charge is 0.478 e. The van der Waals surface area contributed by atoms with Gasteiger partial charge in [-0.2, -0.15) is 0 Å². The zero-order chi connectivity index (χ0) is 13.5. The number of halogens is 1. The molecule has 3 N–H and O–H groups in total. The van der Waals surface area contributed by atoms with Crippen molar-refractivity contribution in [1.82, 2.24) is 0 Å². The first-order chi connectivity index (χ1) is 8.60. The molecule has 0 radical (unpaired) electrons. The normalized spacial score (nSPS) is 12.2. The topological polar surface area (TPSA) is 78.8 Å². The fourth-order valence-electron chi connectivity index (χ4n) is 1.64. The Morgan fingerprint density at radius 1 is 1.56 bits per heavy atom. The molecule has 0 saturated carbocycles. The summed E-state index contributed by atoms with van der Waals surface area (Å²) < 4.78 is 5.54. The lowest BCUT2D eigenvalue weighted by atomic mass is 10.1. The number of anilines is 1. The standard InChI is InChI=1S/C12H16BrNO4/c1-18-7-8(5-6-15)14-10-4-2-3-9(13)11(10)12(16)17/h2-4,8,14-15H,5-7H2,1H3,(H,16,17). The van der Waals surface area contributed by atoms with Gasteiger partial charge in [0, 0.05) is 18.2 Å². The summed E-state index contributed by atoms with van der Waals surface area (Å²) >= 11 is 3.21. The van der Waals surface area contributed by atoms with Crippen LogP contribution < -0.4 is 5.32 Å². The van der Waals surface area contributed by atoms with Gasteiger partial charge in [0.15, 0.2) is 0 Å². The Hall–Kier alpha value is -1.11. The minimum Gasteiger partial charge on any atom is -0.478 e. The highest BCUT2D eigenvalue weighted by Crippen LogP contribution is 2.25. The molecule has 0 aliphatic rings. The summed E-state index contributed by atoms with van der Waals surface area (Å²) in [5.41, 5.74) is 0.684. The van der Waals surface area contributed by atoms with Crippen LogP contribution in [-0.2, 0) is 4.74 Å². The third-order valence-corrected chi connectivity index (χ3v) is 3.09. The number of nitrogens with one attached hydrogen (secondary N) is 1. The van der Waals surface area contributed by atoms with E-state index in [0.717, 1.165) is 0 Å². The zero-order valence-electron chi connectivity index (χ0n) is 10.0. The van der Waals surface area contributed by atoms with E-state index in [1.807, 2.05) is 0 Å². The molecule has 1 unspecified atom stereocenters. The minimum absolute atomic E-state index is 0.0113. The first-order valence-electron chi connectivity index (χ1n) is 5.48. The molecule has 1 aromatic carbocycles. The first-order valence-corrected chi connectivity index (χ1v) is 6.27. The molecule has 0 saturated heterocycles. The van der Waals surface area contributed by atoms with E-state index in [-0.39, 0.29) is 18.2 Å². The molecule has 6 heteroatoms. The molecule has 1 atom stereocenters. The van der Waals surface area contributed by atoms with Crippen molar-refractivity contribution in [2.75, 3.05) is 25.6 Å². The van der Waals surface area contributed by atoms with Gasteiger partial charge in [0.25, 0.3) is 0 Å². The highest BCUT2D eigenvalue weighted by atomic mass is 79.9. The Bertz CT molecular complexity index is 405. The Morgan fingerprint density at radius 3 is 2.83 bits per heavy atom. The summed E-state index contributed by atoms with van der Waals surface area (Å²) in [6.45, 7) is 0.406. The summed E-state index contributed by atoms with van der Waals surface area (Å²) in [6.07, 6.45) is 0.486. The van der Waals surface area contributed by atoms with Crippen LogP contribution in [0.25, 0.3) is 0 Å². The second-order valence-electron chi connectivity index (χ2n) is 3.78. The maximum atomic E-state index is 11.2. The second kappa shape index (κ2) is 7.35. The van der Waals surface area contributed by atoms with Gasteiger partial charge < -0.3 is 20.3 Å². The van der Waals surface area contributed by atoms with Crippen molar-refractivity contribution in [3.05, 3.63) is 28.2 Å². The molecule has 0 heterocycles. The molecule has 100 valence electrons. The van der Waals surface area contributed by atoms with Crippen molar-refractivity contribution >= 4 is 27.6 Å². The fourth-order valence-corrected chi connectivity index (χ4v) is 2.17. The molecular weight excluding hydrogens is 302 g/mol. The molecule has 1 rings (SSSR count). The number of ether oxygens (including phenoxy) is 1. The lowest BCUT2D eigenvalue weighted by Gasteiger charge is -2.19. The zero-order valence-corrected chi connectivity index (χ0v) is 11.6. The molecule has 0 spiro atoms. The number of carbonyl (C=O) groups is 1. The molecule has 0 aliphatic carbocycles. The Morgan fingerprint density at radius 2 is 2.28 bits per heavy atom. The van der Waals surface area contributed by atoms with Crippen molar-refractivity contribution in [3.8, 4) is 0 Å². The van der Waals surface area contributed by atoms with Crippen LogP contribution in [0.15, 0.2) is 22.7 Å². The van der Waals surface area contributed by atoms with Crippen LogP contribution in [-0.4, -0.2) is 42.5 Å². The highest BCUT2D eigenvalue weighted by molar-refractivity contribution is 9.10. The predicted octanol–water partition coefficient (Wildman–Crippen LogP) is 1.96. The molecule has 0 fully saturated rings. The van der Waals surface area contributed by atoms with E-state index in [9.17, 15) is 4.79 Å². The number of benzene rings is 1. The molecule has 5 nitrogen and oxygen atoms in total. The molecule has 0 amide bonds. The van der Waals surface area contributed by atoms with E-state index in [0.29, 0.717) is 23.2 Å². The Labute approximate surface area is 114 Å². The summed E-state index contributed by atoms with van der Waals surface area (Å²) in [5, 5.41) is 21.2. The Balaban J connectivity index is 2.94. The van der Waals surface area contributed by atoms with Crippen molar-refractivity contribution in [2.45, 2.75) is 12.5 Å². The fraction of sp³-hybridized carbons (Fsp3) is 0.417. The van der Waals surface area contributed by atoms with Crippen molar-refractivity contribution in [2.24, 2.45) is 0 Å². The monoisotopic (exact) mass is 317 g/mol. The summed E-state index contributed by atoms with van der Waals surface area (Å²) in [7, 11) is 1.56. The molecule has 1 aromatic rings. The van der Waals surface area contributed by atoms with E-state index >= 15 is 0 Å². The maximum absolute atomic E-state index is 11.2. The van der Waals surface area contributed by atoms with E-state index < -0.39 is 5.97 Å². The van der Waals surface area contributed by atoms with Gasteiger partial charge in [-0.1, -0.05) is 6.07 Å². The minimum atomic E-state index is -1.01. The smallest absolute Gasteiger partial charge is 0.338 e. The van der Waals surface area contributed by atoms with Crippen LogP contribution >= 0.6 is 15.9 Å². The van der Waals surface area contributed by atoms with E-state index in [4.69, 9.17) is 14.9 Å². The summed E-state index contributed by atoms with van der Waals surface area (Å²) in [5.74, 6) is -1.01. The average Bonchev–Trinajstić information content (AvgIpc) is 2.29. The SMILES string of the molecule is COCC(CCO)Nc1cccc(Br)c1C(=O)O. The van der Waals surface area contributed by atoms with Crippen molar-refractivity contribution in [1.29, 1.82) is 0 Å². The van der Waals surface area contributed by atoms with Crippen LogP contribution in [0, 0.1) is 0 Å². The molecule has 18 heavy (non-hydrogen) atoms. The molecule has 0 aliphatic heterocycles. The molecule has 0 aromatic heterocycles. The number of methoxy groups -OCH3 is 1. The van der Waals surface area contributed by atoms with E-state index in [1.165, 1.54) is 0 Å². The van der Waals surface area contributed by atoms with Crippen LogP contribution in [0.5, 0.6) is 0 Å². The second-order valence-corrected chi connectivity index (χ2v) is 4.63. The van der Waals surface area contributed by atoms with Gasteiger partial charge in [-0.15, -0.1) is 0 Å².